The van der Waals surface area contributed by atoms with Crippen molar-refractivity contribution in [3.63, 3.8) is 0 Å². The van der Waals surface area contributed by atoms with E-state index in [1.54, 1.807) is 30.5 Å². The summed E-state index contributed by atoms with van der Waals surface area (Å²) in [5.41, 5.74) is 2.00. The molecule has 4 rings (SSSR count). The molecule has 162 valence electrons. The zero-order valence-corrected chi connectivity index (χ0v) is 18.5. The number of esters is 1. The molecule has 0 bridgehead atoms. The molecular weight excluding hydrogens is 416 g/mol. The minimum Gasteiger partial charge on any atom is -0.482 e. The summed E-state index contributed by atoms with van der Waals surface area (Å²) < 4.78 is 19.5. The van der Waals surface area contributed by atoms with E-state index in [0.29, 0.717) is 16.3 Å². The van der Waals surface area contributed by atoms with Gasteiger partial charge in [-0.25, -0.2) is 0 Å². The number of aromatic nitrogens is 1. The minimum absolute atomic E-state index is 0.0220. The molecule has 1 amide bonds. The van der Waals surface area contributed by atoms with E-state index in [-0.39, 0.29) is 19.1 Å². The number of amides is 1. The lowest BCUT2D eigenvalue weighted by molar-refractivity contribution is -0.143. The molecule has 7 nitrogen and oxygen atoms in total. The Bertz CT molecular complexity index is 1200. The highest BCUT2D eigenvalue weighted by molar-refractivity contribution is 7.16. The summed E-state index contributed by atoms with van der Waals surface area (Å²) in [4.78, 5) is 30.0. The third kappa shape index (κ3) is 4.34. The number of hydrogen-bond donors (Lipinski definition) is 0. The molecule has 0 saturated carbocycles. The average Bonchev–Trinajstić information content (AvgIpc) is 3.09. The van der Waals surface area contributed by atoms with Crippen LogP contribution >= 0.6 is 11.3 Å². The van der Waals surface area contributed by atoms with Gasteiger partial charge in [0.15, 0.2) is 16.3 Å². The number of thiazole rings is 1. The molecule has 1 aromatic heterocycles. The largest absolute Gasteiger partial charge is 0.482 e. The Morgan fingerprint density at radius 1 is 1.13 bits per heavy atom. The van der Waals surface area contributed by atoms with E-state index >= 15 is 0 Å². The number of nitrogens with zero attached hydrogens (tertiary/aromatic N) is 2. The van der Waals surface area contributed by atoms with Gasteiger partial charge < -0.3 is 18.8 Å². The first kappa shape index (κ1) is 21.1. The molecule has 0 aliphatic carbocycles. The number of benzene rings is 2. The fourth-order valence-corrected chi connectivity index (χ4v) is 4.56. The normalized spacial score (nSPS) is 18.2. The van der Waals surface area contributed by atoms with Crippen LogP contribution < -0.4 is 14.3 Å². The number of aryl methyl sites for hydroxylation is 1. The number of rotatable bonds is 5. The van der Waals surface area contributed by atoms with Gasteiger partial charge in [0.2, 0.25) is 6.10 Å². The Labute approximate surface area is 183 Å². The molecule has 0 spiro atoms. The second-order valence-electron chi connectivity index (χ2n) is 7.19. The molecular formula is C23H24N2O5S. The maximum atomic E-state index is 13.1. The van der Waals surface area contributed by atoms with Crippen molar-refractivity contribution < 1.29 is 23.8 Å². The second-order valence-corrected chi connectivity index (χ2v) is 8.20. The van der Waals surface area contributed by atoms with Crippen LogP contribution in [0.4, 0.5) is 0 Å². The van der Waals surface area contributed by atoms with Gasteiger partial charge in [-0.2, -0.15) is 4.99 Å². The Balaban J connectivity index is 1.73. The molecule has 2 aromatic carbocycles. The van der Waals surface area contributed by atoms with E-state index in [1.165, 1.54) is 16.9 Å². The highest BCUT2D eigenvalue weighted by atomic mass is 32.1. The summed E-state index contributed by atoms with van der Waals surface area (Å²) in [6.45, 7) is 5.88. The summed E-state index contributed by atoms with van der Waals surface area (Å²) in [5.74, 6) is 0.278. The van der Waals surface area contributed by atoms with Crippen LogP contribution in [0.5, 0.6) is 11.5 Å². The van der Waals surface area contributed by atoms with Gasteiger partial charge in [0.1, 0.15) is 12.6 Å². The molecule has 0 radical (unpaired) electrons. The van der Waals surface area contributed by atoms with Gasteiger partial charge in [0.25, 0.3) is 5.91 Å². The molecule has 1 aliphatic rings. The van der Waals surface area contributed by atoms with Crippen LogP contribution in [0.1, 0.15) is 26.3 Å². The number of hydrogen-bond acceptors (Lipinski definition) is 6. The van der Waals surface area contributed by atoms with Crippen LogP contribution in [0.2, 0.25) is 0 Å². The predicted octanol–water partition coefficient (Wildman–Crippen LogP) is 3.48. The first-order valence-corrected chi connectivity index (χ1v) is 11.1. The zero-order valence-electron chi connectivity index (χ0n) is 17.7. The molecule has 2 unspecified atom stereocenters. The molecule has 8 heteroatoms. The first-order valence-electron chi connectivity index (χ1n) is 10.3. The Hall–Kier alpha value is -3.13. The van der Waals surface area contributed by atoms with Crippen molar-refractivity contribution in [2.75, 3.05) is 6.61 Å². The number of carbonyl (C=O) groups is 2. The fourth-order valence-electron chi connectivity index (χ4n) is 3.46. The van der Waals surface area contributed by atoms with Gasteiger partial charge in [-0.3, -0.25) is 9.59 Å². The van der Waals surface area contributed by atoms with E-state index in [1.807, 2.05) is 24.3 Å². The molecule has 2 atom stereocenters. The third-order valence-corrected chi connectivity index (χ3v) is 6.08. The molecule has 3 aromatic rings. The first-order chi connectivity index (χ1) is 15.0. The monoisotopic (exact) mass is 440 g/mol. The Morgan fingerprint density at radius 2 is 1.87 bits per heavy atom. The van der Waals surface area contributed by atoms with Crippen molar-refractivity contribution in [1.29, 1.82) is 0 Å². The standard InChI is InChI=1S/C23H24N2O5S/c1-4-15-10-11-16-19(12-15)31-23(25(16)13-20(26)28-5-2)24-22(27)21-14(3)29-17-8-6-7-9-18(17)30-21/h6-12,14,21H,4-5,13H2,1-3H3. The molecule has 31 heavy (non-hydrogen) atoms. The minimum atomic E-state index is -0.873. The summed E-state index contributed by atoms with van der Waals surface area (Å²) in [6.07, 6.45) is -0.477. The van der Waals surface area contributed by atoms with Crippen molar-refractivity contribution in [1.82, 2.24) is 4.57 Å². The smallest absolute Gasteiger partial charge is 0.326 e. The van der Waals surface area contributed by atoms with Crippen LogP contribution in [0.3, 0.4) is 0 Å². The quantitative estimate of drug-likeness (QED) is 0.568. The SMILES string of the molecule is CCOC(=O)Cn1c(=NC(=O)C2Oc3ccccc3OC2C)sc2cc(CC)ccc21. The van der Waals surface area contributed by atoms with Gasteiger partial charge in [0, 0.05) is 0 Å². The van der Waals surface area contributed by atoms with Crippen molar-refractivity contribution in [2.24, 2.45) is 4.99 Å². The van der Waals surface area contributed by atoms with Crippen LogP contribution in [0.25, 0.3) is 10.2 Å². The molecule has 1 aliphatic heterocycles. The summed E-state index contributed by atoms with van der Waals surface area (Å²) in [6, 6.07) is 13.3. The highest BCUT2D eigenvalue weighted by Gasteiger charge is 2.34. The third-order valence-electron chi connectivity index (χ3n) is 5.04. The second kappa shape index (κ2) is 8.93. The van der Waals surface area contributed by atoms with Crippen LogP contribution in [-0.4, -0.2) is 35.3 Å². The summed E-state index contributed by atoms with van der Waals surface area (Å²) in [5, 5.41) is 0. The lowest BCUT2D eigenvalue weighted by Gasteiger charge is -2.29. The number of carbonyl (C=O) groups excluding carboxylic acids is 2. The van der Waals surface area contributed by atoms with E-state index in [2.05, 4.69) is 18.0 Å². The molecule has 0 N–H and O–H groups in total. The topological polar surface area (TPSA) is 79.1 Å². The van der Waals surface area contributed by atoms with E-state index in [4.69, 9.17) is 14.2 Å². The Morgan fingerprint density at radius 3 is 2.58 bits per heavy atom. The van der Waals surface area contributed by atoms with Crippen LogP contribution in [0, 0.1) is 0 Å². The van der Waals surface area contributed by atoms with Crippen LogP contribution in [0.15, 0.2) is 47.5 Å². The molecule has 0 saturated heterocycles. The van der Waals surface area contributed by atoms with Crippen molar-refractivity contribution in [2.45, 2.75) is 45.9 Å². The van der Waals surface area contributed by atoms with Gasteiger partial charge in [-0.15, -0.1) is 0 Å². The fraction of sp³-hybridized carbons (Fsp3) is 0.348. The molecule has 2 heterocycles. The van der Waals surface area contributed by atoms with Gasteiger partial charge in [-0.05, 0) is 50.1 Å². The Kier molecular flexibility index (Phi) is 6.08. The zero-order chi connectivity index (χ0) is 22.0. The maximum Gasteiger partial charge on any atom is 0.326 e. The maximum absolute atomic E-state index is 13.1. The number of para-hydroxylation sites is 2. The number of fused-ring (bicyclic) bond motifs is 2. The van der Waals surface area contributed by atoms with Crippen molar-refractivity contribution >= 4 is 33.4 Å². The van der Waals surface area contributed by atoms with E-state index in [9.17, 15) is 9.59 Å². The van der Waals surface area contributed by atoms with Gasteiger partial charge >= 0.3 is 5.97 Å². The lowest BCUT2D eigenvalue weighted by atomic mass is 10.1. The van der Waals surface area contributed by atoms with E-state index < -0.39 is 18.1 Å². The molecule has 0 fully saturated rings. The van der Waals surface area contributed by atoms with Gasteiger partial charge in [-0.1, -0.05) is 36.5 Å². The van der Waals surface area contributed by atoms with Gasteiger partial charge in [0.05, 0.1) is 16.8 Å². The summed E-state index contributed by atoms with van der Waals surface area (Å²) in [7, 11) is 0. The predicted molar refractivity (Wildman–Crippen MR) is 117 cm³/mol. The summed E-state index contributed by atoms with van der Waals surface area (Å²) >= 11 is 1.36. The number of ether oxygens (including phenoxy) is 3. The highest BCUT2D eigenvalue weighted by Crippen LogP contribution is 2.33. The average molecular weight is 441 g/mol. The van der Waals surface area contributed by atoms with Crippen molar-refractivity contribution in [3.8, 4) is 11.5 Å². The van der Waals surface area contributed by atoms with E-state index in [0.717, 1.165) is 16.6 Å². The van der Waals surface area contributed by atoms with Crippen molar-refractivity contribution in [3.05, 3.63) is 52.8 Å². The lowest BCUT2D eigenvalue weighted by Crippen LogP contribution is -2.43. The van der Waals surface area contributed by atoms with Crippen LogP contribution in [-0.2, 0) is 27.3 Å².